The van der Waals surface area contributed by atoms with Crippen molar-refractivity contribution >= 4 is 11.6 Å². The Hall–Kier alpha value is -3.74. The minimum atomic E-state index is 0.561. The molecule has 0 amide bonds. The van der Waals surface area contributed by atoms with Gasteiger partial charge in [0.25, 0.3) is 0 Å². The number of furan rings is 1. The maximum Gasteiger partial charge on any atom is 0.223 e. The van der Waals surface area contributed by atoms with Gasteiger partial charge in [-0.3, -0.25) is 9.97 Å². The van der Waals surface area contributed by atoms with Crippen molar-refractivity contribution in [2.45, 2.75) is 6.42 Å². The normalized spacial score (nSPS) is 10.7. The largest absolute Gasteiger partial charge is 0.463 e. The summed E-state index contributed by atoms with van der Waals surface area (Å²) in [5.41, 5.74) is 3.38. The molecule has 0 saturated carbocycles. The molecule has 0 atom stereocenters. The molecule has 146 valence electrons. The van der Waals surface area contributed by atoms with E-state index in [0.717, 1.165) is 25.1 Å². The third-order valence-corrected chi connectivity index (χ3v) is 4.53. The molecular weight excluding hydrogens is 364 g/mol. The minimum Gasteiger partial charge on any atom is -0.463 e. The molecule has 0 aliphatic heterocycles. The summed E-state index contributed by atoms with van der Waals surface area (Å²) in [7, 11) is 2.09. The molecule has 1 aromatic carbocycles. The lowest BCUT2D eigenvalue weighted by molar-refractivity contribution is 0.580. The summed E-state index contributed by atoms with van der Waals surface area (Å²) in [5, 5.41) is 3.31. The molecule has 0 radical (unpaired) electrons. The summed E-state index contributed by atoms with van der Waals surface area (Å²) in [6.07, 6.45) is 9.32. The van der Waals surface area contributed by atoms with E-state index >= 15 is 0 Å². The van der Waals surface area contributed by atoms with Crippen LogP contribution in [-0.2, 0) is 0 Å². The first-order valence-electron chi connectivity index (χ1n) is 9.48. The van der Waals surface area contributed by atoms with E-state index in [1.807, 2.05) is 30.3 Å². The van der Waals surface area contributed by atoms with Gasteiger partial charge in [-0.1, -0.05) is 18.2 Å². The Kier molecular flexibility index (Phi) is 5.76. The van der Waals surface area contributed by atoms with Gasteiger partial charge in [0, 0.05) is 50.0 Å². The molecule has 0 aliphatic rings. The lowest BCUT2D eigenvalue weighted by Gasteiger charge is -2.19. The molecule has 7 nitrogen and oxygen atoms in total. The Balaban J connectivity index is 1.44. The second-order valence-corrected chi connectivity index (χ2v) is 6.56. The summed E-state index contributed by atoms with van der Waals surface area (Å²) in [6, 6.07) is 14.1. The molecule has 29 heavy (non-hydrogen) atoms. The average molecular weight is 386 g/mol. The Morgan fingerprint density at radius 3 is 2.66 bits per heavy atom. The topological polar surface area (TPSA) is 80.0 Å². The van der Waals surface area contributed by atoms with Crippen LogP contribution >= 0.6 is 0 Å². The van der Waals surface area contributed by atoms with Crippen LogP contribution in [-0.4, -0.2) is 40.1 Å². The smallest absolute Gasteiger partial charge is 0.223 e. The second-order valence-electron chi connectivity index (χ2n) is 6.56. The number of hydrogen-bond acceptors (Lipinski definition) is 7. The summed E-state index contributed by atoms with van der Waals surface area (Å²) >= 11 is 0. The van der Waals surface area contributed by atoms with E-state index in [2.05, 4.69) is 49.3 Å². The van der Waals surface area contributed by atoms with Gasteiger partial charge in [0.1, 0.15) is 5.69 Å². The molecule has 7 heteroatoms. The number of hydrogen-bond donors (Lipinski definition) is 1. The third-order valence-electron chi connectivity index (χ3n) is 4.53. The molecule has 3 heterocycles. The SMILES string of the molecule is CN(CCCNc1ncc(-c2cnccn2)c(-c2ccco2)n1)c1ccccc1. The number of benzene rings is 1. The summed E-state index contributed by atoms with van der Waals surface area (Å²) < 4.78 is 5.57. The molecule has 0 saturated heterocycles. The Labute approximate surface area is 169 Å². The highest BCUT2D eigenvalue weighted by atomic mass is 16.3. The highest BCUT2D eigenvalue weighted by Gasteiger charge is 2.15. The lowest BCUT2D eigenvalue weighted by atomic mass is 10.1. The van der Waals surface area contributed by atoms with Crippen LogP contribution in [0.5, 0.6) is 0 Å². The highest BCUT2D eigenvalue weighted by Crippen LogP contribution is 2.29. The fourth-order valence-electron chi connectivity index (χ4n) is 3.02. The zero-order chi connectivity index (χ0) is 19.9. The van der Waals surface area contributed by atoms with Crippen LogP contribution in [0.15, 0.2) is 77.9 Å². The van der Waals surface area contributed by atoms with Crippen molar-refractivity contribution in [3.8, 4) is 22.7 Å². The maximum atomic E-state index is 5.57. The number of anilines is 2. The Morgan fingerprint density at radius 2 is 1.90 bits per heavy atom. The Morgan fingerprint density at radius 1 is 1.00 bits per heavy atom. The predicted molar refractivity (Wildman–Crippen MR) is 114 cm³/mol. The molecule has 0 unspecified atom stereocenters. The van der Waals surface area contributed by atoms with Crippen LogP contribution in [0.2, 0.25) is 0 Å². The quantitative estimate of drug-likeness (QED) is 0.456. The molecule has 4 rings (SSSR count). The summed E-state index contributed by atoms with van der Waals surface area (Å²) in [4.78, 5) is 19.9. The predicted octanol–water partition coefficient (Wildman–Crippen LogP) is 4.13. The van der Waals surface area contributed by atoms with Gasteiger partial charge in [-0.2, -0.15) is 0 Å². The average Bonchev–Trinajstić information content (AvgIpc) is 3.32. The van der Waals surface area contributed by atoms with Crippen molar-refractivity contribution in [1.29, 1.82) is 0 Å². The van der Waals surface area contributed by atoms with Gasteiger partial charge in [0.2, 0.25) is 5.95 Å². The molecule has 1 N–H and O–H groups in total. The van der Waals surface area contributed by atoms with Crippen molar-refractivity contribution in [1.82, 2.24) is 19.9 Å². The van der Waals surface area contributed by atoms with Crippen molar-refractivity contribution in [3.63, 3.8) is 0 Å². The van der Waals surface area contributed by atoms with E-state index in [4.69, 9.17) is 4.42 Å². The molecule has 4 aromatic rings. The van der Waals surface area contributed by atoms with E-state index in [1.165, 1.54) is 5.69 Å². The minimum absolute atomic E-state index is 0.561. The first kappa shape index (κ1) is 18.6. The first-order valence-corrected chi connectivity index (χ1v) is 9.48. The van der Waals surface area contributed by atoms with Crippen molar-refractivity contribution in [3.05, 3.63) is 73.5 Å². The first-order chi connectivity index (χ1) is 14.3. The van der Waals surface area contributed by atoms with E-state index in [0.29, 0.717) is 23.1 Å². The van der Waals surface area contributed by atoms with E-state index < -0.39 is 0 Å². The van der Waals surface area contributed by atoms with Crippen LogP contribution in [0.3, 0.4) is 0 Å². The zero-order valence-electron chi connectivity index (χ0n) is 16.2. The summed E-state index contributed by atoms with van der Waals surface area (Å²) in [5.74, 6) is 1.23. The number of nitrogens with zero attached hydrogens (tertiary/aromatic N) is 5. The molecule has 0 aliphatic carbocycles. The van der Waals surface area contributed by atoms with Crippen molar-refractivity contribution in [2.75, 3.05) is 30.4 Å². The van der Waals surface area contributed by atoms with Crippen LogP contribution in [0, 0.1) is 0 Å². The van der Waals surface area contributed by atoms with Gasteiger partial charge in [-0.25, -0.2) is 9.97 Å². The van der Waals surface area contributed by atoms with Gasteiger partial charge in [0.05, 0.1) is 18.2 Å². The molecule has 0 fully saturated rings. The van der Waals surface area contributed by atoms with Gasteiger partial charge >= 0.3 is 0 Å². The van der Waals surface area contributed by atoms with Gasteiger partial charge in [0.15, 0.2) is 5.76 Å². The summed E-state index contributed by atoms with van der Waals surface area (Å²) in [6.45, 7) is 1.69. The number of para-hydroxylation sites is 1. The second kappa shape index (κ2) is 8.97. The van der Waals surface area contributed by atoms with Crippen LogP contribution in [0.4, 0.5) is 11.6 Å². The third kappa shape index (κ3) is 4.57. The molecule has 0 bridgehead atoms. The van der Waals surface area contributed by atoms with Crippen LogP contribution in [0.1, 0.15) is 6.42 Å². The standard InChI is InChI=1S/C22H22N6O/c1-28(17-7-3-2-4-8-17)13-6-10-25-22-26-15-18(19-16-23-11-12-24-19)21(27-22)20-9-5-14-29-20/h2-5,7-9,11-12,14-16H,6,10,13H2,1H3,(H,25,26,27). The monoisotopic (exact) mass is 386 g/mol. The number of nitrogens with one attached hydrogen (secondary N) is 1. The van der Waals surface area contributed by atoms with Gasteiger partial charge < -0.3 is 14.6 Å². The van der Waals surface area contributed by atoms with Gasteiger partial charge in [-0.15, -0.1) is 0 Å². The fraction of sp³-hybridized carbons (Fsp3) is 0.182. The van der Waals surface area contributed by atoms with E-state index in [-0.39, 0.29) is 0 Å². The number of rotatable bonds is 8. The zero-order valence-corrected chi connectivity index (χ0v) is 16.2. The van der Waals surface area contributed by atoms with Crippen molar-refractivity contribution in [2.24, 2.45) is 0 Å². The molecule has 0 spiro atoms. The maximum absolute atomic E-state index is 5.57. The number of aromatic nitrogens is 4. The van der Waals surface area contributed by atoms with E-state index in [1.54, 1.807) is 31.1 Å². The molecule has 3 aromatic heterocycles. The van der Waals surface area contributed by atoms with Crippen molar-refractivity contribution < 1.29 is 4.42 Å². The lowest BCUT2D eigenvalue weighted by Crippen LogP contribution is -2.21. The molecular formula is C22H22N6O. The van der Waals surface area contributed by atoms with Crippen LogP contribution < -0.4 is 10.2 Å². The highest BCUT2D eigenvalue weighted by molar-refractivity contribution is 5.76. The van der Waals surface area contributed by atoms with E-state index in [9.17, 15) is 0 Å². The van der Waals surface area contributed by atoms with Gasteiger partial charge in [-0.05, 0) is 30.7 Å². The fourth-order valence-corrected chi connectivity index (χ4v) is 3.02. The Bertz CT molecular complexity index is 1020. The van der Waals surface area contributed by atoms with Crippen LogP contribution in [0.25, 0.3) is 22.7 Å².